The molecular weight excluding hydrogens is 306 g/mol. The average Bonchev–Trinajstić information content (AvgIpc) is 2.66. The van der Waals surface area contributed by atoms with Crippen molar-refractivity contribution in [2.75, 3.05) is 29.5 Å². The molecule has 1 fully saturated rings. The highest BCUT2D eigenvalue weighted by atomic mass is 32.2. The molecular formula is C14H23N3O2S2. The van der Waals surface area contributed by atoms with Crippen molar-refractivity contribution in [3.63, 3.8) is 0 Å². The molecule has 21 heavy (non-hydrogen) atoms. The van der Waals surface area contributed by atoms with Crippen molar-refractivity contribution in [2.45, 2.75) is 39.2 Å². The first-order valence-corrected chi connectivity index (χ1v) is 10.1. The SMILES string of the molecule is CC1(C)Cc2nc(N3CCCS(=O)(=O)CC3)sc2C(N)C1. The average molecular weight is 329 g/mol. The van der Waals surface area contributed by atoms with Crippen LogP contribution in [0.15, 0.2) is 0 Å². The highest BCUT2D eigenvalue weighted by molar-refractivity contribution is 7.91. The van der Waals surface area contributed by atoms with Gasteiger partial charge in [0.15, 0.2) is 15.0 Å². The second-order valence-electron chi connectivity index (χ2n) is 6.95. The molecule has 1 saturated heterocycles. The smallest absolute Gasteiger partial charge is 0.185 e. The molecule has 0 aromatic carbocycles. The number of nitrogens with two attached hydrogens (primary N) is 1. The van der Waals surface area contributed by atoms with Gasteiger partial charge in [-0.25, -0.2) is 13.4 Å². The maximum Gasteiger partial charge on any atom is 0.185 e. The van der Waals surface area contributed by atoms with Crippen molar-refractivity contribution >= 4 is 26.3 Å². The molecule has 1 aliphatic carbocycles. The largest absolute Gasteiger partial charge is 0.347 e. The second kappa shape index (κ2) is 5.21. The number of anilines is 1. The normalized spacial score (nSPS) is 28.0. The lowest BCUT2D eigenvalue weighted by atomic mass is 9.77. The Bertz CT molecular complexity index is 637. The number of rotatable bonds is 1. The van der Waals surface area contributed by atoms with Crippen molar-refractivity contribution in [1.29, 1.82) is 0 Å². The third kappa shape index (κ3) is 3.24. The van der Waals surface area contributed by atoms with Gasteiger partial charge in [0.25, 0.3) is 0 Å². The van der Waals surface area contributed by atoms with Gasteiger partial charge in [0, 0.05) is 24.0 Å². The Morgan fingerprint density at radius 3 is 2.86 bits per heavy atom. The summed E-state index contributed by atoms with van der Waals surface area (Å²) >= 11 is 1.66. The maximum atomic E-state index is 11.7. The van der Waals surface area contributed by atoms with Gasteiger partial charge in [0.1, 0.15) is 0 Å². The zero-order valence-electron chi connectivity index (χ0n) is 12.6. The van der Waals surface area contributed by atoms with Crippen LogP contribution >= 0.6 is 11.3 Å². The van der Waals surface area contributed by atoms with Gasteiger partial charge < -0.3 is 10.6 Å². The first-order valence-electron chi connectivity index (χ1n) is 7.46. The van der Waals surface area contributed by atoms with Gasteiger partial charge in [-0.2, -0.15) is 0 Å². The van der Waals surface area contributed by atoms with Crippen LogP contribution in [0.3, 0.4) is 0 Å². The molecule has 118 valence electrons. The second-order valence-corrected chi connectivity index (χ2v) is 10.3. The Balaban J connectivity index is 1.85. The zero-order valence-corrected chi connectivity index (χ0v) is 14.3. The van der Waals surface area contributed by atoms with E-state index in [2.05, 4.69) is 18.7 Å². The van der Waals surface area contributed by atoms with Crippen LogP contribution < -0.4 is 10.6 Å². The van der Waals surface area contributed by atoms with Crippen molar-refractivity contribution in [2.24, 2.45) is 11.1 Å². The van der Waals surface area contributed by atoms with Crippen LogP contribution in [0, 0.1) is 5.41 Å². The molecule has 0 bridgehead atoms. The van der Waals surface area contributed by atoms with Crippen LogP contribution in [0.1, 0.15) is 43.3 Å². The summed E-state index contributed by atoms with van der Waals surface area (Å²) in [5.41, 5.74) is 7.61. The van der Waals surface area contributed by atoms with Crippen LogP contribution in [0.2, 0.25) is 0 Å². The van der Waals surface area contributed by atoms with E-state index in [4.69, 9.17) is 10.7 Å². The minimum atomic E-state index is -2.88. The molecule has 1 aliphatic heterocycles. The summed E-state index contributed by atoms with van der Waals surface area (Å²) in [5.74, 6) is 0.524. The van der Waals surface area contributed by atoms with Crippen LogP contribution in [-0.4, -0.2) is 38.0 Å². The summed E-state index contributed by atoms with van der Waals surface area (Å²) < 4.78 is 23.4. The van der Waals surface area contributed by atoms with E-state index in [0.717, 1.165) is 30.2 Å². The molecule has 2 aliphatic rings. The highest BCUT2D eigenvalue weighted by Gasteiger charge is 2.34. The lowest BCUT2D eigenvalue weighted by Crippen LogP contribution is -2.29. The minimum absolute atomic E-state index is 0.0608. The third-order valence-electron chi connectivity index (χ3n) is 4.30. The number of nitrogens with zero attached hydrogens (tertiary/aromatic N) is 2. The molecule has 3 rings (SSSR count). The van der Waals surface area contributed by atoms with E-state index in [0.29, 0.717) is 18.7 Å². The van der Waals surface area contributed by atoms with E-state index in [1.807, 2.05) is 0 Å². The number of hydrogen-bond acceptors (Lipinski definition) is 6. The Labute approximate surface area is 130 Å². The van der Waals surface area contributed by atoms with E-state index in [-0.39, 0.29) is 17.2 Å². The van der Waals surface area contributed by atoms with Crippen LogP contribution in [-0.2, 0) is 16.3 Å². The maximum absolute atomic E-state index is 11.7. The van der Waals surface area contributed by atoms with Gasteiger partial charge in [0.2, 0.25) is 0 Å². The van der Waals surface area contributed by atoms with Crippen molar-refractivity contribution in [3.05, 3.63) is 10.6 Å². The van der Waals surface area contributed by atoms with E-state index in [1.54, 1.807) is 11.3 Å². The number of sulfone groups is 1. The Hall–Kier alpha value is -0.660. The molecule has 1 aromatic heterocycles. The Morgan fingerprint density at radius 2 is 2.10 bits per heavy atom. The van der Waals surface area contributed by atoms with Gasteiger partial charge >= 0.3 is 0 Å². The molecule has 0 amide bonds. The summed E-state index contributed by atoms with van der Waals surface area (Å²) in [6.45, 7) is 5.78. The molecule has 1 atom stereocenters. The molecule has 0 spiro atoms. The topological polar surface area (TPSA) is 76.3 Å². The first kappa shape index (κ1) is 15.2. The summed E-state index contributed by atoms with van der Waals surface area (Å²) in [5, 5.41) is 0.949. The van der Waals surface area contributed by atoms with Crippen LogP contribution in [0.5, 0.6) is 0 Å². The minimum Gasteiger partial charge on any atom is -0.347 e. The van der Waals surface area contributed by atoms with Crippen LogP contribution in [0.25, 0.3) is 0 Å². The number of thiazole rings is 1. The Kier molecular flexibility index (Phi) is 3.78. The molecule has 1 aromatic rings. The quantitative estimate of drug-likeness (QED) is 0.849. The van der Waals surface area contributed by atoms with E-state index in [9.17, 15) is 8.42 Å². The van der Waals surface area contributed by atoms with Gasteiger partial charge in [-0.3, -0.25) is 0 Å². The van der Waals surface area contributed by atoms with Crippen molar-refractivity contribution in [1.82, 2.24) is 4.98 Å². The van der Waals surface area contributed by atoms with Gasteiger partial charge in [0.05, 0.1) is 17.2 Å². The molecule has 0 radical (unpaired) electrons. The van der Waals surface area contributed by atoms with Crippen molar-refractivity contribution < 1.29 is 8.42 Å². The van der Waals surface area contributed by atoms with Crippen molar-refractivity contribution in [3.8, 4) is 0 Å². The molecule has 2 heterocycles. The van der Waals surface area contributed by atoms with Gasteiger partial charge in [-0.05, 0) is 24.7 Å². The fraction of sp³-hybridized carbons (Fsp3) is 0.786. The lowest BCUT2D eigenvalue weighted by Gasteiger charge is -2.32. The highest BCUT2D eigenvalue weighted by Crippen LogP contribution is 2.43. The zero-order chi connectivity index (χ0) is 15.3. The van der Waals surface area contributed by atoms with E-state index in [1.165, 1.54) is 4.88 Å². The molecule has 1 unspecified atom stereocenters. The lowest BCUT2D eigenvalue weighted by molar-refractivity contribution is 0.282. The number of fused-ring (bicyclic) bond motifs is 1. The van der Waals surface area contributed by atoms with Gasteiger partial charge in [-0.15, -0.1) is 0 Å². The molecule has 5 nitrogen and oxygen atoms in total. The van der Waals surface area contributed by atoms with E-state index >= 15 is 0 Å². The standard InChI is InChI=1S/C14H23N3O2S2/c1-14(2)8-10(15)12-11(9-14)16-13(20-12)17-4-3-6-21(18,19)7-5-17/h10H,3-9,15H2,1-2H3. The first-order chi connectivity index (χ1) is 9.76. The predicted octanol–water partition coefficient (Wildman–Crippen LogP) is 1.74. The molecule has 0 saturated carbocycles. The Morgan fingerprint density at radius 1 is 1.33 bits per heavy atom. The molecule has 2 N–H and O–H groups in total. The third-order valence-corrected chi connectivity index (χ3v) is 7.30. The summed E-state index contributed by atoms with van der Waals surface area (Å²) in [7, 11) is -2.88. The fourth-order valence-electron chi connectivity index (χ4n) is 3.25. The molecule has 7 heteroatoms. The summed E-state index contributed by atoms with van der Waals surface area (Å²) in [4.78, 5) is 8.09. The number of hydrogen-bond donors (Lipinski definition) is 1. The van der Waals surface area contributed by atoms with Gasteiger partial charge in [-0.1, -0.05) is 25.2 Å². The number of aromatic nitrogens is 1. The van der Waals surface area contributed by atoms with E-state index < -0.39 is 9.84 Å². The monoisotopic (exact) mass is 329 g/mol. The van der Waals surface area contributed by atoms with Crippen LogP contribution in [0.4, 0.5) is 5.13 Å². The fourth-order valence-corrected chi connectivity index (χ4v) is 5.65. The summed E-state index contributed by atoms with van der Waals surface area (Å²) in [6.07, 6.45) is 2.62. The predicted molar refractivity (Wildman–Crippen MR) is 86.6 cm³/mol. The summed E-state index contributed by atoms with van der Waals surface area (Å²) in [6, 6.07) is 0.0608.